The average molecular weight is 348 g/mol. The Kier molecular flexibility index (Phi) is 6.94. The molecule has 0 spiro atoms. The van der Waals surface area contributed by atoms with Gasteiger partial charge in [-0.2, -0.15) is 0 Å². The molecule has 24 heavy (non-hydrogen) atoms. The van der Waals surface area contributed by atoms with Crippen LogP contribution in [0.2, 0.25) is 5.02 Å². The molecule has 2 aromatic carbocycles. The highest BCUT2D eigenvalue weighted by molar-refractivity contribution is 6.32. The van der Waals surface area contributed by atoms with E-state index in [1.54, 1.807) is 25.3 Å². The molecule has 2 rings (SSSR count). The first-order valence-corrected chi connectivity index (χ1v) is 8.35. The Morgan fingerprint density at radius 2 is 1.92 bits per heavy atom. The van der Waals surface area contributed by atoms with Gasteiger partial charge < -0.3 is 14.8 Å². The molecule has 0 bridgehead atoms. The number of carbonyl (C=O) groups excluding carboxylic acids is 1. The zero-order chi connectivity index (χ0) is 17.4. The summed E-state index contributed by atoms with van der Waals surface area (Å²) in [7, 11) is 1.55. The highest BCUT2D eigenvalue weighted by atomic mass is 35.5. The highest BCUT2D eigenvalue weighted by Crippen LogP contribution is 2.27. The van der Waals surface area contributed by atoms with Crippen molar-refractivity contribution in [2.45, 2.75) is 26.2 Å². The third kappa shape index (κ3) is 5.46. The third-order valence-corrected chi connectivity index (χ3v) is 3.88. The molecule has 2 aromatic rings. The van der Waals surface area contributed by atoms with E-state index in [9.17, 15) is 4.79 Å². The molecule has 0 atom stereocenters. The van der Waals surface area contributed by atoms with Crippen molar-refractivity contribution >= 4 is 23.2 Å². The SMILES string of the molecule is CCc1ccc(OCCCC(=O)Nc2ccc(OC)c(Cl)c2)cc1. The smallest absolute Gasteiger partial charge is 0.224 e. The van der Waals surface area contributed by atoms with Gasteiger partial charge >= 0.3 is 0 Å². The van der Waals surface area contributed by atoms with Crippen molar-refractivity contribution in [3.05, 3.63) is 53.1 Å². The fraction of sp³-hybridized carbons (Fsp3) is 0.316. The van der Waals surface area contributed by atoms with Crippen molar-refractivity contribution in [1.29, 1.82) is 0 Å². The van der Waals surface area contributed by atoms with Crippen molar-refractivity contribution < 1.29 is 14.3 Å². The Morgan fingerprint density at radius 1 is 1.17 bits per heavy atom. The fourth-order valence-corrected chi connectivity index (χ4v) is 2.47. The number of carbonyl (C=O) groups is 1. The Balaban J connectivity index is 1.72. The van der Waals surface area contributed by atoms with E-state index in [0.29, 0.717) is 35.9 Å². The van der Waals surface area contributed by atoms with Gasteiger partial charge in [-0.1, -0.05) is 30.7 Å². The van der Waals surface area contributed by atoms with Crippen LogP contribution in [0.3, 0.4) is 0 Å². The van der Waals surface area contributed by atoms with Gasteiger partial charge in [0.25, 0.3) is 0 Å². The molecule has 4 nitrogen and oxygen atoms in total. The molecule has 0 aromatic heterocycles. The molecule has 0 radical (unpaired) electrons. The van der Waals surface area contributed by atoms with Crippen molar-refractivity contribution in [2.24, 2.45) is 0 Å². The summed E-state index contributed by atoms with van der Waals surface area (Å²) in [6.07, 6.45) is 2.04. The summed E-state index contributed by atoms with van der Waals surface area (Å²) in [5.41, 5.74) is 1.93. The van der Waals surface area contributed by atoms with Crippen LogP contribution in [-0.4, -0.2) is 19.6 Å². The average Bonchev–Trinajstić information content (AvgIpc) is 2.59. The number of hydrogen-bond acceptors (Lipinski definition) is 3. The van der Waals surface area contributed by atoms with Crippen LogP contribution in [0.4, 0.5) is 5.69 Å². The second-order valence-electron chi connectivity index (χ2n) is 5.35. The lowest BCUT2D eigenvalue weighted by molar-refractivity contribution is -0.116. The number of benzene rings is 2. The first kappa shape index (κ1) is 18.1. The molecular weight excluding hydrogens is 326 g/mol. The van der Waals surface area contributed by atoms with E-state index >= 15 is 0 Å². The molecular formula is C19H22ClNO3. The van der Waals surface area contributed by atoms with Gasteiger partial charge in [0.2, 0.25) is 5.91 Å². The van der Waals surface area contributed by atoms with Gasteiger partial charge in [-0.15, -0.1) is 0 Å². The summed E-state index contributed by atoms with van der Waals surface area (Å²) in [4.78, 5) is 11.9. The predicted octanol–water partition coefficient (Wildman–Crippen LogP) is 4.71. The zero-order valence-electron chi connectivity index (χ0n) is 14.0. The Hall–Kier alpha value is -2.20. The second-order valence-corrected chi connectivity index (χ2v) is 5.75. The molecule has 0 aliphatic rings. The van der Waals surface area contributed by atoms with Gasteiger partial charge in [0.05, 0.1) is 18.7 Å². The van der Waals surface area contributed by atoms with Gasteiger partial charge in [-0.3, -0.25) is 4.79 Å². The van der Waals surface area contributed by atoms with Gasteiger partial charge in [-0.05, 0) is 48.7 Å². The number of ether oxygens (including phenoxy) is 2. The molecule has 128 valence electrons. The highest BCUT2D eigenvalue weighted by Gasteiger charge is 2.06. The monoisotopic (exact) mass is 347 g/mol. The number of aryl methyl sites for hydroxylation is 1. The van der Waals surface area contributed by atoms with Gasteiger partial charge in [0.15, 0.2) is 0 Å². The Bertz CT molecular complexity index is 671. The second kappa shape index (κ2) is 9.18. The van der Waals surface area contributed by atoms with Crippen molar-refractivity contribution in [3.63, 3.8) is 0 Å². The fourth-order valence-electron chi connectivity index (χ4n) is 2.21. The minimum absolute atomic E-state index is 0.0684. The molecule has 0 saturated heterocycles. The van der Waals surface area contributed by atoms with E-state index in [1.165, 1.54) is 5.56 Å². The van der Waals surface area contributed by atoms with Gasteiger partial charge in [0.1, 0.15) is 11.5 Å². The standard InChI is InChI=1S/C19H22ClNO3/c1-3-14-6-9-16(10-7-14)24-12-4-5-19(22)21-15-8-11-18(23-2)17(20)13-15/h6-11,13H,3-5,12H2,1-2H3,(H,21,22). The number of hydrogen-bond donors (Lipinski definition) is 1. The normalized spacial score (nSPS) is 10.3. The largest absolute Gasteiger partial charge is 0.495 e. The lowest BCUT2D eigenvalue weighted by Crippen LogP contribution is -2.12. The maximum absolute atomic E-state index is 11.9. The van der Waals surface area contributed by atoms with Crippen LogP contribution in [0.15, 0.2) is 42.5 Å². The summed E-state index contributed by atoms with van der Waals surface area (Å²) in [6, 6.07) is 13.2. The summed E-state index contributed by atoms with van der Waals surface area (Å²) >= 11 is 6.03. The van der Waals surface area contributed by atoms with E-state index < -0.39 is 0 Å². The van der Waals surface area contributed by atoms with E-state index in [2.05, 4.69) is 24.4 Å². The van der Waals surface area contributed by atoms with Crippen LogP contribution in [0, 0.1) is 0 Å². The minimum atomic E-state index is -0.0684. The van der Waals surface area contributed by atoms with Crippen LogP contribution in [-0.2, 0) is 11.2 Å². The van der Waals surface area contributed by atoms with Crippen LogP contribution in [0.25, 0.3) is 0 Å². The van der Waals surface area contributed by atoms with Crippen molar-refractivity contribution in [1.82, 2.24) is 0 Å². The summed E-state index contributed by atoms with van der Waals surface area (Å²) < 4.78 is 10.7. The zero-order valence-corrected chi connectivity index (χ0v) is 14.7. The molecule has 0 heterocycles. The van der Waals surface area contributed by atoms with Crippen LogP contribution >= 0.6 is 11.6 Å². The first-order valence-electron chi connectivity index (χ1n) is 7.97. The summed E-state index contributed by atoms with van der Waals surface area (Å²) in [5.74, 6) is 1.34. The lowest BCUT2D eigenvalue weighted by atomic mass is 10.2. The molecule has 1 N–H and O–H groups in total. The Morgan fingerprint density at radius 3 is 2.54 bits per heavy atom. The molecule has 0 aliphatic heterocycles. The van der Waals surface area contributed by atoms with Crippen LogP contribution in [0.1, 0.15) is 25.3 Å². The van der Waals surface area contributed by atoms with E-state index in [1.807, 2.05) is 12.1 Å². The van der Waals surface area contributed by atoms with E-state index in [0.717, 1.165) is 12.2 Å². The molecule has 0 aliphatic carbocycles. The van der Waals surface area contributed by atoms with Crippen molar-refractivity contribution in [3.8, 4) is 11.5 Å². The van der Waals surface area contributed by atoms with Crippen molar-refractivity contribution in [2.75, 3.05) is 19.0 Å². The van der Waals surface area contributed by atoms with E-state index in [4.69, 9.17) is 21.1 Å². The molecule has 0 unspecified atom stereocenters. The number of halogens is 1. The topological polar surface area (TPSA) is 47.6 Å². The number of anilines is 1. The van der Waals surface area contributed by atoms with Crippen LogP contribution < -0.4 is 14.8 Å². The third-order valence-electron chi connectivity index (χ3n) is 3.58. The summed E-state index contributed by atoms with van der Waals surface area (Å²) in [5, 5.41) is 3.28. The van der Waals surface area contributed by atoms with Gasteiger partial charge in [-0.25, -0.2) is 0 Å². The number of methoxy groups -OCH3 is 1. The maximum atomic E-state index is 11.9. The molecule has 5 heteroatoms. The molecule has 0 fully saturated rings. The Labute approximate surface area is 147 Å². The van der Waals surface area contributed by atoms with Gasteiger partial charge in [0, 0.05) is 12.1 Å². The molecule has 1 amide bonds. The quantitative estimate of drug-likeness (QED) is 0.703. The van der Waals surface area contributed by atoms with Crippen LogP contribution in [0.5, 0.6) is 11.5 Å². The lowest BCUT2D eigenvalue weighted by Gasteiger charge is -2.09. The minimum Gasteiger partial charge on any atom is -0.495 e. The maximum Gasteiger partial charge on any atom is 0.224 e. The number of rotatable bonds is 8. The predicted molar refractivity (Wildman–Crippen MR) is 97.2 cm³/mol. The molecule has 0 saturated carbocycles. The number of nitrogens with one attached hydrogen (secondary N) is 1. The number of amides is 1. The first-order chi connectivity index (χ1) is 11.6. The van der Waals surface area contributed by atoms with E-state index in [-0.39, 0.29) is 5.91 Å². The summed E-state index contributed by atoms with van der Waals surface area (Å²) in [6.45, 7) is 2.62.